The zero-order valence-corrected chi connectivity index (χ0v) is 17.8. The molecule has 3 rings (SSSR count). The summed E-state index contributed by atoms with van der Waals surface area (Å²) in [4.78, 5) is 17.1. The van der Waals surface area contributed by atoms with Gasteiger partial charge in [-0.2, -0.15) is 5.26 Å². The Morgan fingerprint density at radius 3 is 2.90 bits per heavy atom. The Labute approximate surface area is 175 Å². The molecule has 6 nitrogen and oxygen atoms in total. The second kappa shape index (κ2) is 9.66. The highest BCUT2D eigenvalue weighted by atomic mass is 32.2. The maximum atomic E-state index is 12.4. The number of hydrogen-bond acceptors (Lipinski definition) is 6. The molecule has 0 aliphatic heterocycles. The zero-order chi connectivity index (χ0) is 20.8. The number of nitriles is 1. The lowest BCUT2D eigenvalue weighted by molar-refractivity contribution is -0.115. The van der Waals surface area contributed by atoms with E-state index in [0.29, 0.717) is 40.8 Å². The van der Waals surface area contributed by atoms with Gasteiger partial charge in [-0.05, 0) is 48.9 Å². The molecule has 1 unspecified atom stereocenters. The minimum absolute atomic E-state index is 0.119. The third kappa shape index (κ3) is 5.21. The highest BCUT2D eigenvalue weighted by molar-refractivity contribution is 7.99. The predicted octanol–water partition coefficient (Wildman–Crippen LogP) is 4.22. The first-order chi connectivity index (χ1) is 14.0. The molecule has 0 saturated carbocycles. The first-order valence-electron chi connectivity index (χ1n) is 9.61. The fraction of sp³-hybridized carbons (Fsp3) is 0.409. The summed E-state index contributed by atoms with van der Waals surface area (Å²) in [5.41, 5.74) is 3.48. The number of aryl methyl sites for hydroxylation is 1. The first kappa shape index (κ1) is 21.0. The van der Waals surface area contributed by atoms with Gasteiger partial charge in [-0.1, -0.05) is 6.92 Å². The van der Waals surface area contributed by atoms with E-state index in [0.717, 1.165) is 30.0 Å². The van der Waals surface area contributed by atoms with Gasteiger partial charge in [0.15, 0.2) is 0 Å². The van der Waals surface area contributed by atoms with Gasteiger partial charge in [0.05, 0.1) is 25.5 Å². The molecule has 1 atom stereocenters. The van der Waals surface area contributed by atoms with Crippen molar-refractivity contribution >= 4 is 23.4 Å². The summed E-state index contributed by atoms with van der Waals surface area (Å²) in [6, 6.07) is 9.47. The number of amides is 1. The summed E-state index contributed by atoms with van der Waals surface area (Å²) < 4.78 is 10.5. The van der Waals surface area contributed by atoms with Crippen LogP contribution in [-0.4, -0.2) is 30.9 Å². The van der Waals surface area contributed by atoms with Gasteiger partial charge in [0.2, 0.25) is 5.91 Å². The number of carbonyl (C=O) groups is 1. The van der Waals surface area contributed by atoms with Crippen LogP contribution in [0.25, 0.3) is 0 Å². The summed E-state index contributed by atoms with van der Waals surface area (Å²) in [5, 5.41) is 13.1. The van der Waals surface area contributed by atoms with E-state index in [1.54, 1.807) is 32.4 Å². The standard InChI is InChI=1S/C22H25N3O3S/c1-14-4-6-18-15(10-14)11-16(13-23)22(25-18)29-9-8-21(26)24-19-7-5-17(27-2)12-20(19)28-3/h5,7,11-12,14H,4,6,8-10H2,1-3H3,(H,24,26). The molecule has 0 spiro atoms. The van der Waals surface area contributed by atoms with Crippen molar-refractivity contribution in [2.75, 3.05) is 25.3 Å². The molecular weight excluding hydrogens is 386 g/mol. The SMILES string of the molecule is COc1ccc(NC(=O)CCSc2nc3c(cc2C#N)CC(C)CC3)c(OC)c1. The van der Waals surface area contributed by atoms with Crippen LogP contribution in [0, 0.1) is 17.2 Å². The lowest BCUT2D eigenvalue weighted by atomic mass is 9.87. The molecule has 1 aromatic carbocycles. The summed E-state index contributed by atoms with van der Waals surface area (Å²) in [5.74, 6) is 2.26. The van der Waals surface area contributed by atoms with Crippen molar-refractivity contribution in [1.29, 1.82) is 5.26 Å². The van der Waals surface area contributed by atoms with Gasteiger partial charge in [0, 0.05) is 23.9 Å². The topological polar surface area (TPSA) is 84.2 Å². The largest absolute Gasteiger partial charge is 0.497 e. The molecule has 1 heterocycles. The van der Waals surface area contributed by atoms with Crippen LogP contribution in [0.3, 0.4) is 0 Å². The smallest absolute Gasteiger partial charge is 0.225 e. The van der Waals surface area contributed by atoms with Crippen molar-refractivity contribution in [3.63, 3.8) is 0 Å². The van der Waals surface area contributed by atoms with E-state index in [1.807, 2.05) is 6.07 Å². The number of rotatable bonds is 7. The predicted molar refractivity (Wildman–Crippen MR) is 114 cm³/mol. The molecule has 0 saturated heterocycles. The number of thioether (sulfide) groups is 1. The highest BCUT2D eigenvalue weighted by Crippen LogP contribution is 2.31. The Morgan fingerprint density at radius 1 is 1.34 bits per heavy atom. The van der Waals surface area contributed by atoms with Crippen molar-refractivity contribution in [2.24, 2.45) is 5.92 Å². The molecule has 0 radical (unpaired) electrons. The zero-order valence-electron chi connectivity index (χ0n) is 16.9. The van der Waals surface area contributed by atoms with E-state index in [4.69, 9.17) is 14.5 Å². The first-order valence-corrected chi connectivity index (χ1v) is 10.6. The van der Waals surface area contributed by atoms with Crippen LogP contribution in [0.4, 0.5) is 5.69 Å². The fourth-order valence-corrected chi connectivity index (χ4v) is 4.29. The number of carbonyl (C=O) groups excluding carboxylic acids is 1. The normalized spacial score (nSPS) is 15.2. The molecule has 1 N–H and O–H groups in total. The van der Waals surface area contributed by atoms with E-state index in [9.17, 15) is 10.1 Å². The Bertz CT molecular complexity index is 940. The molecular formula is C22H25N3O3S. The van der Waals surface area contributed by atoms with E-state index in [-0.39, 0.29) is 5.91 Å². The molecule has 1 amide bonds. The van der Waals surface area contributed by atoms with Crippen molar-refractivity contribution in [2.45, 2.75) is 37.6 Å². The quantitative estimate of drug-likeness (QED) is 0.687. The average Bonchev–Trinajstić information content (AvgIpc) is 2.73. The van der Waals surface area contributed by atoms with Crippen LogP contribution in [0.15, 0.2) is 29.3 Å². The maximum Gasteiger partial charge on any atom is 0.225 e. The fourth-order valence-electron chi connectivity index (χ4n) is 3.37. The molecule has 0 bridgehead atoms. The van der Waals surface area contributed by atoms with Crippen LogP contribution in [0.5, 0.6) is 11.5 Å². The van der Waals surface area contributed by atoms with Gasteiger partial charge in [-0.15, -0.1) is 11.8 Å². The number of nitrogens with one attached hydrogen (secondary N) is 1. The number of pyridine rings is 1. The molecule has 1 aliphatic rings. The van der Waals surface area contributed by atoms with Crippen LogP contribution in [0.1, 0.15) is 36.6 Å². The number of ether oxygens (including phenoxy) is 2. The number of methoxy groups -OCH3 is 2. The molecule has 2 aromatic rings. The van der Waals surface area contributed by atoms with E-state index in [1.165, 1.54) is 17.3 Å². The van der Waals surface area contributed by atoms with Gasteiger partial charge >= 0.3 is 0 Å². The van der Waals surface area contributed by atoms with Crippen molar-refractivity contribution in [3.05, 3.63) is 41.1 Å². The monoisotopic (exact) mass is 411 g/mol. The number of hydrogen-bond donors (Lipinski definition) is 1. The van der Waals surface area contributed by atoms with Crippen molar-refractivity contribution in [3.8, 4) is 17.6 Å². The lowest BCUT2D eigenvalue weighted by Gasteiger charge is -2.21. The van der Waals surface area contributed by atoms with Gasteiger partial charge in [-0.3, -0.25) is 4.79 Å². The summed E-state index contributed by atoms with van der Waals surface area (Å²) >= 11 is 1.45. The third-order valence-corrected chi connectivity index (χ3v) is 5.96. The summed E-state index contributed by atoms with van der Waals surface area (Å²) in [7, 11) is 3.13. The van der Waals surface area contributed by atoms with Crippen molar-refractivity contribution in [1.82, 2.24) is 4.98 Å². The Kier molecular flexibility index (Phi) is 6.99. The number of nitrogens with zero attached hydrogens (tertiary/aromatic N) is 2. The van der Waals surface area contributed by atoms with Crippen LogP contribution < -0.4 is 14.8 Å². The number of fused-ring (bicyclic) bond motifs is 1. The maximum absolute atomic E-state index is 12.4. The summed E-state index contributed by atoms with van der Waals surface area (Å²) in [6.07, 6.45) is 3.37. The molecule has 1 aromatic heterocycles. The number of aromatic nitrogens is 1. The number of anilines is 1. The molecule has 152 valence electrons. The lowest BCUT2D eigenvalue weighted by Crippen LogP contribution is -2.15. The van der Waals surface area contributed by atoms with E-state index >= 15 is 0 Å². The Balaban J connectivity index is 1.60. The van der Waals surface area contributed by atoms with Crippen LogP contribution in [-0.2, 0) is 17.6 Å². The molecule has 7 heteroatoms. The Hall–Kier alpha value is -2.72. The van der Waals surface area contributed by atoms with Gasteiger partial charge < -0.3 is 14.8 Å². The molecule has 29 heavy (non-hydrogen) atoms. The second-order valence-electron chi connectivity index (χ2n) is 7.12. The van der Waals surface area contributed by atoms with Crippen LogP contribution >= 0.6 is 11.8 Å². The number of benzene rings is 1. The highest BCUT2D eigenvalue weighted by Gasteiger charge is 2.19. The second-order valence-corrected chi connectivity index (χ2v) is 8.20. The van der Waals surface area contributed by atoms with Gasteiger partial charge in [0.25, 0.3) is 0 Å². The van der Waals surface area contributed by atoms with Crippen LogP contribution in [0.2, 0.25) is 0 Å². The average molecular weight is 412 g/mol. The Morgan fingerprint density at radius 2 is 2.17 bits per heavy atom. The minimum atomic E-state index is -0.119. The van der Waals surface area contributed by atoms with Gasteiger partial charge in [0.1, 0.15) is 22.6 Å². The van der Waals surface area contributed by atoms with E-state index < -0.39 is 0 Å². The molecule has 0 fully saturated rings. The van der Waals surface area contributed by atoms with Crippen molar-refractivity contribution < 1.29 is 14.3 Å². The third-order valence-electron chi connectivity index (χ3n) is 4.97. The molecule has 1 aliphatic carbocycles. The minimum Gasteiger partial charge on any atom is -0.497 e. The van der Waals surface area contributed by atoms with E-state index in [2.05, 4.69) is 18.3 Å². The summed E-state index contributed by atoms with van der Waals surface area (Å²) in [6.45, 7) is 2.23. The van der Waals surface area contributed by atoms with Gasteiger partial charge in [-0.25, -0.2) is 4.98 Å².